The summed E-state index contributed by atoms with van der Waals surface area (Å²) in [4.78, 5) is 22.6. The minimum atomic E-state index is -3.48. The van der Waals surface area contributed by atoms with Gasteiger partial charge >= 0.3 is 0 Å². The van der Waals surface area contributed by atoms with Crippen LogP contribution in [-0.2, 0) is 27.5 Å². The Labute approximate surface area is 197 Å². The van der Waals surface area contributed by atoms with E-state index in [4.69, 9.17) is 16.3 Å². The number of anilines is 1. The summed E-state index contributed by atoms with van der Waals surface area (Å²) in [5.41, 5.74) is 2.57. The quantitative estimate of drug-likeness (QED) is 0.452. The molecule has 10 heteroatoms. The molecule has 1 saturated carbocycles. The van der Waals surface area contributed by atoms with Gasteiger partial charge < -0.3 is 10.1 Å². The molecule has 4 rings (SSSR count). The van der Waals surface area contributed by atoms with Crippen molar-refractivity contribution in [3.63, 3.8) is 0 Å². The molecule has 1 N–H and O–H groups in total. The predicted molar refractivity (Wildman–Crippen MR) is 128 cm³/mol. The maximum atomic E-state index is 13.4. The Morgan fingerprint density at radius 1 is 1.24 bits per heavy atom. The minimum Gasteiger partial charge on any atom is -0.368 e. The van der Waals surface area contributed by atoms with Gasteiger partial charge in [-0.15, -0.1) is 0 Å². The van der Waals surface area contributed by atoms with Crippen LogP contribution in [0.5, 0.6) is 0 Å². The highest BCUT2D eigenvalue weighted by molar-refractivity contribution is 7.91. The van der Waals surface area contributed by atoms with E-state index in [2.05, 4.69) is 15.3 Å². The Hall–Kier alpha value is -2.49. The second-order valence-corrected chi connectivity index (χ2v) is 10.7. The summed E-state index contributed by atoms with van der Waals surface area (Å²) in [5, 5.41) is 3.53. The second kappa shape index (κ2) is 9.40. The van der Waals surface area contributed by atoms with Crippen molar-refractivity contribution in [2.24, 2.45) is 5.92 Å². The number of methoxy groups -OCH3 is 1. The predicted octanol–water partition coefficient (Wildman–Crippen LogP) is 3.97. The molecule has 1 aromatic carbocycles. The third kappa shape index (κ3) is 4.90. The molecule has 0 radical (unpaired) electrons. The fourth-order valence-electron chi connectivity index (χ4n) is 3.90. The van der Waals surface area contributed by atoms with E-state index in [1.165, 1.54) is 19.2 Å². The molecular formula is C23H27ClN4O4S. The van der Waals surface area contributed by atoms with Gasteiger partial charge in [0.1, 0.15) is 10.7 Å². The Morgan fingerprint density at radius 3 is 2.55 bits per heavy atom. The van der Waals surface area contributed by atoms with Gasteiger partial charge in [0.15, 0.2) is 17.4 Å². The van der Waals surface area contributed by atoms with E-state index >= 15 is 0 Å². The zero-order valence-corrected chi connectivity index (χ0v) is 20.4. The van der Waals surface area contributed by atoms with Crippen LogP contribution < -0.4 is 10.9 Å². The number of fused-ring (bicyclic) bond motifs is 1. The van der Waals surface area contributed by atoms with Crippen LogP contribution >= 0.6 is 11.6 Å². The molecule has 1 atom stereocenters. The van der Waals surface area contributed by atoms with E-state index in [-0.39, 0.29) is 28.3 Å². The van der Waals surface area contributed by atoms with Crippen molar-refractivity contribution < 1.29 is 13.2 Å². The van der Waals surface area contributed by atoms with Gasteiger partial charge in [-0.2, -0.15) is 0 Å². The number of hydrogen-bond donors (Lipinski definition) is 1. The number of ether oxygens (including phenoxy) is 1. The molecule has 0 amide bonds. The number of pyridine rings is 1. The maximum absolute atomic E-state index is 13.4. The van der Waals surface area contributed by atoms with E-state index in [0.717, 1.165) is 24.0 Å². The zero-order valence-electron chi connectivity index (χ0n) is 18.8. The molecule has 33 heavy (non-hydrogen) atoms. The number of halogens is 1. The van der Waals surface area contributed by atoms with Crippen LogP contribution in [0.15, 0.2) is 40.0 Å². The lowest BCUT2D eigenvalue weighted by atomic mass is 10.2. The van der Waals surface area contributed by atoms with Crippen LogP contribution in [0.2, 0.25) is 5.15 Å². The van der Waals surface area contributed by atoms with Crippen molar-refractivity contribution in [2.45, 2.75) is 50.6 Å². The Balaban J connectivity index is 1.67. The van der Waals surface area contributed by atoms with E-state index in [1.807, 2.05) is 19.9 Å². The lowest BCUT2D eigenvalue weighted by Gasteiger charge is -2.19. The van der Waals surface area contributed by atoms with Crippen LogP contribution in [0.4, 0.5) is 5.82 Å². The summed E-state index contributed by atoms with van der Waals surface area (Å²) < 4.78 is 30.7. The Bertz CT molecular complexity index is 1340. The van der Waals surface area contributed by atoms with Crippen LogP contribution in [0, 0.1) is 5.92 Å². The second-order valence-electron chi connectivity index (χ2n) is 8.37. The number of aromatic nitrogens is 3. The van der Waals surface area contributed by atoms with Crippen molar-refractivity contribution >= 4 is 38.4 Å². The smallest absolute Gasteiger partial charge is 0.295 e. The van der Waals surface area contributed by atoms with E-state index in [1.54, 1.807) is 16.7 Å². The largest absolute Gasteiger partial charge is 0.368 e. The van der Waals surface area contributed by atoms with Crippen LogP contribution in [0.25, 0.3) is 11.2 Å². The molecule has 0 bridgehead atoms. The van der Waals surface area contributed by atoms with Gasteiger partial charge in [0, 0.05) is 19.7 Å². The highest BCUT2D eigenvalue weighted by Crippen LogP contribution is 2.40. The first-order chi connectivity index (χ1) is 15.7. The monoisotopic (exact) mass is 490 g/mol. The topological polar surface area (TPSA) is 103 Å². The van der Waals surface area contributed by atoms with Crippen molar-refractivity contribution in [2.75, 3.05) is 18.4 Å². The van der Waals surface area contributed by atoms with Crippen molar-refractivity contribution in [3.05, 3.63) is 57.0 Å². The summed E-state index contributed by atoms with van der Waals surface area (Å²) in [6.45, 7) is 4.34. The average Bonchev–Trinajstić information content (AvgIpc) is 3.63. The third-order valence-electron chi connectivity index (χ3n) is 6.00. The third-order valence-corrected chi connectivity index (χ3v) is 7.86. The molecule has 8 nitrogen and oxygen atoms in total. The van der Waals surface area contributed by atoms with Crippen LogP contribution in [0.1, 0.15) is 43.9 Å². The molecule has 0 spiro atoms. The SMILES string of the molecule is CCc1cc2nc(NCc3ccc(S(=O)(=O)COC)cc3)c(=O)n(C(C)C3CC3)c2nc1Cl. The number of hydrogen-bond acceptors (Lipinski definition) is 7. The summed E-state index contributed by atoms with van der Waals surface area (Å²) >= 11 is 6.35. The molecule has 0 saturated heterocycles. The van der Waals surface area contributed by atoms with Gasteiger partial charge in [0.2, 0.25) is 9.84 Å². The summed E-state index contributed by atoms with van der Waals surface area (Å²) in [7, 11) is -2.14. The number of aryl methyl sites for hydroxylation is 1. The number of sulfone groups is 1. The number of nitrogens with one attached hydrogen (secondary N) is 1. The lowest BCUT2D eigenvalue weighted by molar-refractivity contribution is 0.250. The average molecular weight is 491 g/mol. The van der Waals surface area contributed by atoms with Crippen molar-refractivity contribution in [3.8, 4) is 0 Å². The van der Waals surface area contributed by atoms with Gasteiger partial charge in [-0.25, -0.2) is 18.4 Å². The van der Waals surface area contributed by atoms with Crippen LogP contribution in [0.3, 0.4) is 0 Å². The minimum absolute atomic E-state index is 0.00938. The van der Waals surface area contributed by atoms with E-state index in [0.29, 0.717) is 35.2 Å². The van der Waals surface area contributed by atoms with Crippen molar-refractivity contribution in [1.29, 1.82) is 0 Å². The zero-order chi connectivity index (χ0) is 23.8. The molecule has 2 aromatic heterocycles. The van der Waals surface area contributed by atoms with E-state index in [9.17, 15) is 13.2 Å². The van der Waals surface area contributed by atoms with E-state index < -0.39 is 9.84 Å². The normalized spacial score (nSPS) is 15.0. The molecule has 0 aliphatic heterocycles. The highest BCUT2D eigenvalue weighted by atomic mass is 35.5. The number of benzene rings is 1. The molecule has 1 aliphatic rings. The van der Waals surface area contributed by atoms with Gasteiger partial charge in [-0.1, -0.05) is 30.7 Å². The van der Waals surface area contributed by atoms with Gasteiger partial charge in [0.05, 0.1) is 4.90 Å². The Morgan fingerprint density at radius 2 is 1.94 bits per heavy atom. The van der Waals surface area contributed by atoms with Crippen molar-refractivity contribution in [1.82, 2.24) is 14.5 Å². The van der Waals surface area contributed by atoms with Gasteiger partial charge in [-0.3, -0.25) is 9.36 Å². The first kappa shape index (κ1) is 23.7. The summed E-state index contributed by atoms with van der Waals surface area (Å²) in [5.74, 6) is 0.300. The molecule has 1 fully saturated rings. The molecule has 3 aromatic rings. The number of rotatable bonds is 9. The summed E-state index contributed by atoms with van der Waals surface area (Å²) in [6.07, 6.45) is 2.88. The lowest BCUT2D eigenvalue weighted by Crippen LogP contribution is -2.29. The number of nitrogens with zero attached hydrogens (tertiary/aromatic N) is 3. The van der Waals surface area contributed by atoms with Crippen LogP contribution in [-0.4, -0.2) is 36.0 Å². The molecule has 1 aliphatic carbocycles. The maximum Gasteiger partial charge on any atom is 0.295 e. The molecular weight excluding hydrogens is 464 g/mol. The standard InChI is InChI=1S/C23H27ClN4O4S/c1-4-16-11-19-22(27-20(16)24)28(14(2)17-7-8-17)23(29)21(26-19)25-12-15-5-9-18(10-6-15)33(30,31)13-32-3/h5-6,9-11,14,17H,4,7-8,12-13H2,1-3H3,(H,25,26). The van der Waals surface area contributed by atoms with Gasteiger partial charge in [-0.05, 0) is 61.4 Å². The fourth-order valence-corrected chi connectivity index (χ4v) is 5.17. The molecule has 2 heterocycles. The van der Waals surface area contributed by atoms with Gasteiger partial charge in [0.25, 0.3) is 5.56 Å². The fraction of sp³-hybridized carbons (Fsp3) is 0.435. The molecule has 1 unspecified atom stereocenters. The molecule has 176 valence electrons. The Kier molecular flexibility index (Phi) is 6.74. The summed E-state index contributed by atoms with van der Waals surface area (Å²) in [6, 6.07) is 8.36. The first-order valence-electron chi connectivity index (χ1n) is 10.9. The first-order valence-corrected chi connectivity index (χ1v) is 12.9. The highest BCUT2D eigenvalue weighted by Gasteiger charge is 2.32.